The van der Waals surface area contributed by atoms with Crippen LogP contribution in [0.1, 0.15) is 27.2 Å². The summed E-state index contributed by atoms with van der Waals surface area (Å²) in [5, 5.41) is 2.98. The smallest absolute Gasteiger partial charge is 0.220 e. The molecule has 1 N–H and O–H groups in total. The molecule has 0 atom stereocenters. The predicted octanol–water partition coefficient (Wildman–Crippen LogP) is 0.811. The van der Waals surface area contributed by atoms with E-state index in [1.807, 2.05) is 6.92 Å². The van der Waals surface area contributed by atoms with Gasteiger partial charge in [0.25, 0.3) is 0 Å². The summed E-state index contributed by atoms with van der Waals surface area (Å²) >= 11 is 0. The van der Waals surface area contributed by atoms with Gasteiger partial charge in [-0.25, -0.2) is 0 Å². The quantitative estimate of drug-likeness (QED) is 0.699. The number of carbonyl (C=O) groups excluding carboxylic acids is 1. The summed E-state index contributed by atoms with van der Waals surface area (Å²) in [4.78, 5) is 13.4. The van der Waals surface area contributed by atoms with Crippen LogP contribution in [0.2, 0.25) is 0 Å². The van der Waals surface area contributed by atoms with Crippen molar-refractivity contribution in [3.63, 3.8) is 0 Å². The molecule has 3 nitrogen and oxygen atoms in total. The highest BCUT2D eigenvalue weighted by Gasteiger charge is 2.27. The number of hydrogen-bond acceptors (Lipinski definition) is 2. The highest BCUT2D eigenvalue weighted by Crippen LogP contribution is 2.11. The number of hydrogen-bond donors (Lipinski definition) is 1. The molecule has 0 aliphatic carbocycles. The molecule has 13 heavy (non-hydrogen) atoms. The van der Waals surface area contributed by atoms with Gasteiger partial charge in [0.05, 0.1) is 6.04 Å². The lowest BCUT2D eigenvalue weighted by Crippen LogP contribution is -2.59. The minimum absolute atomic E-state index is 0.168. The molecule has 1 aliphatic rings. The molecule has 0 spiro atoms. The van der Waals surface area contributed by atoms with Gasteiger partial charge < -0.3 is 5.32 Å². The molecule has 1 fully saturated rings. The Labute approximate surface area is 80.5 Å². The molecule has 0 saturated carbocycles. The topological polar surface area (TPSA) is 32.3 Å². The maximum absolute atomic E-state index is 11.0. The molecular formula is C10H19N2O. The first-order valence-corrected chi connectivity index (χ1v) is 4.92. The summed E-state index contributed by atoms with van der Waals surface area (Å²) < 4.78 is 0. The third kappa shape index (κ3) is 3.35. The Hall–Kier alpha value is -0.570. The fourth-order valence-corrected chi connectivity index (χ4v) is 1.57. The standard InChI is InChI=1S/C10H19N2O/c1-4-10(13)11-9-6-12(7-9)5-8(2)3/h9H,4-7H2,1-3H3,(H,11,13). The van der Waals surface area contributed by atoms with Crippen molar-refractivity contribution in [1.82, 2.24) is 10.2 Å². The Kier molecular flexibility index (Phi) is 3.72. The van der Waals surface area contributed by atoms with Crippen molar-refractivity contribution in [3.05, 3.63) is 5.92 Å². The van der Waals surface area contributed by atoms with Crippen LogP contribution in [0.5, 0.6) is 0 Å². The van der Waals surface area contributed by atoms with E-state index in [4.69, 9.17) is 0 Å². The number of carbonyl (C=O) groups is 1. The van der Waals surface area contributed by atoms with E-state index in [0.29, 0.717) is 12.5 Å². The zero-order chi connectivity index (χ0) is 9.84. The summed E-state index contributed by atoms with van der Waals surface area (Å²) in [6.45, 7) is 9.25. The summed E-state index contributed by atoms with van der Waals surface area (Å²) in [6, 6.07) is 0.395. The van der Waals surface area contributed by atoms with Crippen molar-refractivity contribution in [2.24, 2.45) is 0 Å². The minimum Gasteiger partial charge on any atom is -0.351 e. The number of nitrogens with one attached hydrogen (secondary N) is 1. The fourth-order valence-electron chi connectivity index (χ4n) is 1.57. The van der Waals surface area contributed by atoms with Gasteiger partial charge in [-0.3, -0.25) is 9.69 Å². The SMILES string of the molecule is CCC(=O)NC1CN(C[C](C)C)C1. The first-order chi connectivity index (χ1) is 6.11. The van der Waals surface area contributed by atoms with E-state index in [1.165, 1.54) is 5.92 Å². The zero-order valence-corrected chi connectivity index (χ0v) is 8.76. The van der Waals surface area contributed by atoms with E-state index >= 15 is 0 Å². The highest BCUT2D eigenvalue weighted by atomic mass is 16.1. The third-order valence-corrected chi connectivity index (χ3v) is 2.18. The van der Waals surface area contributed by atoms with Gasteiger partial charge in [0, 0.05) is 26.1 Å². The van der Waals surface area contributed by atoms with E-state index in [9.17, 15) is 4.79 Å². The zero-order valence-electron chi connectivity index (χ0n) is 8.76. The van der Waals surface area contributed by atoms with Gasteiger partial charge in [-0.15, -0.1) is 0 Å². The molecule has 0 aromatic heterocycles. The molecule has 1 saturated heterocycles. The van der Waals surface area contributed by atoms with Gasteiger partial charge >= 0.3 is 0 Å². The van der Waals surface area contributed by atoms with Crippen LogP contribution in [0.25, 0.3) is 0 Å². The summed E-state index contributed by atoms with van der Waals surface area (Å²) in [5.41, 5.74) is 0. The van der Waals surface area contributed by atoms with Crippen LogP contribution in [0, 0.1) is 5.92 Å². The maximum Gasteiger partial charge on any atom is 0.220 e. The molecule has 1 amide bonds. The maximum atomic E-state index is 11.0. The largest absolute Gasteiger partial charge is 0.351 e. The number of amides is 1. The van der Waals surface area contributed by atoms with Crippen molar-refractivity contribution < 1.29 is 4.79 Å². The minimum atomic E-state index is 0.168. The summed E-state index contributed by atoms with van der Waals surface area (Å²) in [5.74, 6) is 1.60. The second-order valence-electron chi connectivity index (χ2n) is 4.02. The lowest BCUT2D eigenvalue weighted by atomic mass is 10.1. The molecule has 0 bridgehead atoms. The summed E-state index contributed by atoms with van der Waals surface area (Å²) in [7, 11) is 0. The van der Waals surface area contributed by atoms with E-state index in [0.717, 1.165) is 19.6 Å². The van der Waals surface area contributed by atoms with Crippen LogP contribution in [0.4, 0.5) is 0 Å². The third-order valence-electron chi connectivity index (χ3n) is 2.18. The Morgan fingerprint density at radius 2 is 2.08 bits per heavy atom. The van der Waals surface area contributed by atoms with Crippen molar-refractivity contribution in [3.8, 4) is 0 Å². The van der Waals surface area contributed by atoms with E-state index in [1.54, 1.807) is 0 Å². The van der Waals surface area contributed by atoms with Crippen molar-refractivity contribution in [2.75, 3.05) is 19.6 Å². The predicted molar refractivity (Wildman–Crippen MR) is 53.3 cm³/mol. The molecule has 1 radical (unpaired) electrons. The Bertz CT molecular complexity index is 174. The number of likely N-dealkylation sites (tertiary alicyclic amines) is 1. The Morgan fingerprint density at radius 3 is 2.54 bits per heavy atom. The molecule has 0 unspecified atom stereocenters. The van der Waals surface area contributed by atoms with Gasteiger partial charge in [0.15, 0.2) is 0 Å². The van der Waals surface area contributed by atoms with Crippen LogP contribution in [-0.2, 0) is 4.79 Å². The van der Waals surface area contributed by atoms with E-state index < -0.39 is 0 Å². The lowest BCUT2D eigenvalue weighted by molar-refractivity contribution is -0.122. The monoisotopic (exact) mass is 183 g/mol. The Balaban J connectivity index is 2.08. The van der Waals surface area contributed by atoms with Crippen LogP contribution in [0.3, 0.4) is 0 Å². The summed E-state index contributed by atoms with van der Waals surface area (Å²) in [6.07, 6.45) is 0.593. The molecule has 1 aliphatic heterocycles. The highest BCUT2D eigenvalue weighted by molar-refractivity contribution is 5.76. The second kappa shape index (κ2) is 4.61. The molecule has 3 heteroatoms. The van der Waals surface area contributed by atoms with Gasteiger partial charge in [-0.05, 0) is 5.92 Å². The van der Waals surface area contributed by atoms with Crippen LogP contribution >= 0.6 is 0 Å². The van der Waals surface area contributed by atoms with Crippen LogP contribution in [-0.4, -0.2) is 36.5 Å². The Morgan fingerprint density at radius 1 is 1.46 bits per heavy atom. The van der Waals surface area contributed by atoms with E-state index in [-0.39, 0.29) is 5.91 Å². The van der Waals surface area contributed by atoms with Crippen molar-refractivity contribution >= 4 is 5.91 Å². The van der Waals surface area contributed by atoms with Crippen LogP contribution in [0.15, 0.2) is 0 Å². The number of nitrogens with zero attached hydrogens (tertiary/aromatic N) is 1. The molecule has 0 aromatic carbocycles. The fraction of sp³-hybridized carbons (Fsp3) is 0.800. The first-order valence-electron chi connectivity index (χ1n) is 4.92. The van der Waals surface area contributed by atoms with Gasteiger partial charge in [-0.1, -0.05) is 20.8 Å². The van der Waals surface area contributed by atoms with E-state index in [2.05, 4.69) is 24.1 Å². The van der Waals surface area contributed by atoms with Gasteiger partial charge in [0.1, 0.15) is 0 Å². The number of rotatable bonds is 4. The molecular weight excluding hydrogens is 164 g/mol. The van der Waals surface area contributed by atoms with Gasteiger partial charge in [0.2, 0.25) is 5.91 Å². The molecule has 0 aromatic rings. The molecule has 1 heterocycles. The van der Waals surface area contributed by atoms with Crippen molar-refractivity contribution in [2.45, 2.75) is 33.2 Å². The second-order valence-corrected chi connectivity index (χ2v) is 4.02. The van der Waals surface area contributed by atoms with Crippen molar-refractivity contribution in [1.29, 1.82) is 0 Å². The van der Waals surface area contributed by atoms with Gasteiger partial charge in [-0.2, -0.15) is 0 Å². The first kappa shape index (κ1) is 10.5. The lowest BCUT2D eigenvalue weighted by Gasteiger charge is -2.40. The normalized spacial score (nSPS) is 18.8. The van der Waals surface area contributed by atoms with Crippen LogP contribution < -0.4 is 5.32 Å². The molecule has 75 valence electrons. The molecule has 1 rings (SSSR count). The average Bonchev–Trinajstić information content (AvgIpc) is 1.99. The average molecular weight is 183 g/mol.